The quantitative estimate of drug-likeness (QED) is 0.892. The van der Waals surface area contributed by atoms with Gasteiger partial charge in [-0.05, 0) is 50.6 Å². The van der Waals surface area contributed by atoms with Gasteiger partial charge in [0.25, 0.3) is 0 Å². The van der Waals surface area contributed by atoms with E-state index in [2.05, 4.69) is 11.9 Å². The van der Waals surface area contributed by atoms with Crippen molar-refractivity contribution in [1.82, 2.24) is 4.90 Å². The maximum Gasteiger partial charge on any atom is 0.137 e. The minimum absolute atomic E-state index is 0.507. The van der Waals surface area contributed by atoms with Gasteiger partial charge in [-0.1, -0.05) is 17.7 Å². The molecule has 18 heavy (non-hydrogen) atoms. The molecule has 1 saturated heterocycles. The van der Waals surface area contributed by atoms with Crippen molar-refractivity contribution < 1.29 is 4.74 Å². The maximum atomic E-state index is 6.14. The van der Waals surface area contributed by atoms with Crippen molar-refractivity contribution in [3.05, 3.63) is 28.8 Å². The van der Waals surface area contributed by atoms with E-state index < -0.39 is 0 Å². The first-order valence-electron chi connectivity index (χ1n) is 6.52. The fourth-order valence-corrected chi connectivity index (χ4v) is 2.69. The van der Waals surface area contributed by atoms with Gasteiger partial charge in [-0.25, -0.2) is 0 Å². The molecule has 1 unspecified atom stereocenters. The second-order valence-electron chi connectivity index (χ2n) is 4.88. The molecule has 100 valence electrons. The summed E-state index contributed by atoms with van der Waals surface area (Å²) < 4.78 is 5.75. The number of benzene rings is 1. The highest BCUT2D eigenvalue weighted by molar-refractivity contribution is 6.32. The highest BCUT2D eigenvalue weighted by Crippen LogP contribution is 2.26. The fraction of sp³-hybridized carbons (Fsp3) is 0.571. The van der Waals surface area contributed by atoms with Gasteiger partial charge in [0.05, 0.1) is 11.6 Å². The van der Waals surface area contributed by atoms with Gasteiger partial charge in [0.2, 0.25) is 0 Å². The second-order valence-corrected chi connectivity index (χ2v) is 5.29. The van der Waals surface area contributed by atoms with Crippen LogP contribution < -0.4 is 10.5 Å². The Morgan fingerprint density at radius 1 is 1.50 bits per heavy atom. The lowest BCUT2D eigenvalue weighted by molar-refractivity contribution is 0.233. The first-order valence-corrected chi connectivity index (χ1v) is 6.90. The van der Waals surface area contributed by atoms with Gasteiger partial charge < -0.3 is 15.4 Å². The molecule has 1 aromatic rings. The number of hydrogen-bond acceptors (Lipinski definition) is 3. The Kier molecular flexibility index (Phi) is 4.87. The van der Waals surface area contributed by atoms with E-state index in [1.807, 2.05) is 18.2 Å². The van der Waals surface area contributed by atoms with Crippen LogP contribution in [0.25, 0.3) is 0 Å². The maximum absolute atomic E-state index is 6.14. The summed E-state index contributed by atoms with van der Waals surface area (Å²) in [5, 5.41) is 0.651. The van der Waals surface area contributed by atoms with Crippen LogP contribution in [0.15, 0.2) is 18.2 Å². The molecule has 1 aromatic carbocycles. The third-order valence-corrected chi connectivity index (χ3v) is 3.91. The van der Waals surface area contributed by atoms with Gasteiger partial charge in [-0.2, -0.15) is 0 Å². The second kappa shape index (κ2) is 6.41. The van der Waals surface area contributed by atoms with E-state index in [1.54, 1.807) is 0 Å². The molecule has 2 rings (SSSR count). The molecule has 0 aliphatic carbocycles. The van der Waals surface area contributed by atoms with Crippen LogP contribution in [0.2, 0.25) is 5.02 Å². The summed E-state index contributed by atoms with van der Waals surface area (Å²) >= 11 is 6.14. The Morgan fingerprint density at radius 2 is 2.33 bits per heavy atom. The molecule has 1 aliphatic rings. The third-order valence-electron chi connectivity index (χ3n) is 3.61. The first kappa shape index (κ1) is 13.7. The van der Waals surface area contributed by atoms with Crippen LogP contribution in [0.5, 0.6) is 5.75 Å². The molecule has 0 radical (unpaired) electrons. The van der Waals surface area contributed by atoms with Crippen molar-refractivity contribution >= 4 is 11.6 Å². The average Bonchev–Trinajstić information content (AvgIpc) is 2.77. The van der Waals surface area contributed by atoms with Crippen molar-refractivity contribution in [2.45, 2.75) is 31.8 Å². The van der Waals surface area contributed by atoms with Gasteiger partial charge in [0.15, 0.2) is 0 Å². The van der Waals surface area contributed by atoms with Gasteiger partial charge in [0, 0.05) is 12.6 Å². The summed E-state index contributed by atoms with van der Waals surface area (Å²) in [6, 6.07) is 6.40. The highest BCUT2D eigenvalue weighted by Gasteiger charge is 2.20. The molecule has 1 heterocycles. The molecule has 0 bridgehead atoms. The van der Waals surface area contributed by atoms with Crippen LogP contribution in [0.4, 0.5) is 0 Å². The lowest BCUT2D eigenvalue weighted by Crippen LogP contribution is -2.26. The molecular formula is C14H21ClN2O. The Hall–Kier alpha value is -0.770. The van der Waals surface area contributed by atoms with Crippen molar-refractivity contribution in [3.8, 4) is 5.75 Å². The van der Waals surface area contributed by atoms with E-state index in [9.17, 15) is 0 Å². The van der Waals surface area contributed by atoms with Crippen LogP contribution >= 0.6 is 11.6 Å². The molecule has 0 amide bonds. The van der Waals surface area contributed by atoms with Crippen LogP contribution in [-0.4, -0.2) is 31.1 Å². The number of nitrogens with two attached hydrogens (primary N) is 1. The van der Waals surface area contributed by atoms with Crippen molar-refractivity contribution in [2.75, 3.05) is 20.2 Å². The molecule has 4 heteroatoms. The molecule has 3 nitrogen and oxygen atoms in total. The summed E-state index contributed by atoms with van der Waals surface area (Å²) in [6.07, 6.45) is 3.64. The zero-order valence-electron chi connectivity index (χ0n) is 10.9. The Labute approximate surface area is 114 Å². The predicted octanol–water partition coefficient (Wildman–Crippen LogP) is 2.66. The molecule has 1 aliphatic heterocycles. The van der Waals surface area contributed by atoms with E-state index >= 15 is 0 Å². The molecule has 0 spiro atoms. The van der Waals surface area contributed by atoms with Gasteiger partial charge in [0.1, 0.15) is 5.75 Å². The highest BCUT2D eigenvalue weighted by atomic mass is 35.5. The summed E-state index contributed by atoms with van der Waals surface area (Å²) in [6.45, 7) is 2.43. The SMILES string of the molecule is CN1CCCC1CCOc1ccc(CN)cc1Cl. The Bertz CT molecular complexity index is 397. The van der Waals surface area contributed by atoms with E-state index in [1.165, 1.54) is 19.4 Å². The van der Waals surface area contributed by atoms with Crippen LogP contribution in [-0.2, 0) is 6.54 Å². The lowest BCUT2D eigenvalue weighted by Gasteiger charge is -2.19. The molecule has 0 saturated carbocycles. The van der Waals surface area contributed by atoms with Crippen LogP contribution in [0.1, 0.15) is 24.8 Å². The Balaban J connectivity index is 1.83. The summed E-state index contributed by atoms with van der Waals surface area (Å²) in [4.78, 5) is 2.41. The third kappa shape index (κ3) is 3.37. The van der Waals surface area contributed by atoms with Gasteiger partial charge in [-0.15, -0.1) is 0 Å². The molecule has 1 fully saturated rings. The summed E-state index contributed by atoms with van der Waals surface area (Å²) in [5.74, 6) is 0.759. The van der Waals surface area contributed by atoms with Crippen molar-refractivity contribution in [2.24, 2.45) is 5.73 Å². The topological polar surface area (TPSA) is 38.5 Å². The summed E-state index contributed by atoms with van der Waals surface area (Å²) in [7, 11) is 2.18. The standard InChI is InChI=1S/C14H21ClN2O/c1-17-7-2-3-12(17)6-8-18-14-5-4-11(10-16)9-13(14)15/h4-5,9,12H,2-3,6-8,10,16H2,1H3. The van der Waals surface area contributed by atoms with Gasteiger partial charge >= 0.3 is 0 Å². The number of nitrogens with zero attached hydrogens (tertiary/aromatic N) is 1. The van der Waals surface area contributed by atoms with Crippen LogP contribution in [0.3, 0.4) is 0 Å². The first-order chi connectivity index (χ1) is 8.70. The normalized spacial score (nSPS) is 20.3. The monoisotopic (exact) mass is 268 g/mol. The van der Waals surface area contributed by atoms with Gasteiger partial charge in [-0.3, -0.25) is 0 Å². The largest absolute Gasteiger partial charge is 0.492 e. The zero-order valence-corrected chi connectivity index (χ0v) is 11.6. The van der Waals surface area contributed by atoms with E-state index in [-0.39, 0.29) is 0 Å². The number of likely N-dealkylation sites (tertiary alicyclic amines) is 1. The minimum Gasteiger partial charge on any atom is -0.492 e. The minimum atomic E-state index is 0.507. The fourth-order valence-electron chi connectivity index (χ4n) is 2.44. The van der Waals surface area contributed by atoms with Crippen LogP contribution in [0, 0.1) is 0 Å². The number of hydrogen-bond donors (Lipinski definition) is 1. The van der Waals surface area contributed by atoms with Crippen molar-refractivity contribution in [3.63, 3.8) is 0 Å². The van der Waals surface area contributed by atoms with Crippen molar-refractivity contribution in [1.29, 1.82) is 0 Å². The van der Waals surface area contributed by atoms with E-state index in [0.29, 0.717) is 17.6 Å². The van der Waals surface area contributed by atoms with E-state index in [0.717, 1.165) is 24.3 Å². The van der Waals surface area contributed by atoms with E-state index in [4.69, 9.17) is 22.1 Å². The smallest absolute Gasteiger partial charge is 0.137 e. The Morgan fingerprint density at radius 3 is 2.94 bits per heavy atom. The molecule has 1 atom stereocenters. The molecule has 2 N–H and O–H groups in total. The zero-order chi connectivity index (χ0) is 13.0. The number of rotatable bonds is 5. The predicted molar refractivity (Wildman–Crippen MR) is 75.1 cm³/mol. The number of ether oxygens (including phenoxy) is 1. The molecular weight excluding hydrogens is 248 g/mol. The summed E-state index contributed by atoms with van der Waals surface area (Å²) in [5.41, 5.74) is 6.59. The number of halogens is 1. The molecule has 0 aromatic heterocycles. The average molecular weight is 269 g/mol. The lowest BCUT2D eigenvalue weighted by atomic mass is 10.1.